The summed E-state index contributed by atoms with van der Waals surface area (Å²) < 4.78 is 37.4. The van der Waals surface area contributed by atoms with Gasteiger partial charge in [-0.3, -0.25) is 10.1 Å². The molecule has 0 atom stereocenters. The van der Waals surface area contributed by atoms with Gasteiger partial charge in [0.25, 0.3) is 5.69 Å². The quantitative estimate of drug-likeness (QED) is 0.472. The topological polar surface area (TPSA) is 66.9 Å². The minimum Gasteiger partial charge on any atom is -0.258 e. The molecule has 0 radical (unpaired) electrons. The molecule has 0 saturated heterocycles. The van der Waals surface area contributed by atoms with Crippen LogP contribution in [0.3, 0.4) is 0 Å². The minimum absolute atomic E-state index is 0.572. The molecule has 0 aliphatic carbocycles. The molecule has 84 valence electrons. The van der Waals surface area contributed by atoms with E-state index in [4.69, 9.17) is 5.26 Å². The zero-order valence-corrected chi connectivity index (χ0v) is 8.34. The molecule has 4 nitrogen and oxygen atoms in total. The Morgan fingerprint density at radius 3 is 2.38 bits per heavy atom. The van der Waals surface area contributed by atoms with E-state index in [1.165, 1.54) is 6.07 Å². The van der Waals surface area contributed by atoms with E-state index in [1.807, 2.05) is 0 Å². The second-order valence-corrected chi connectivity index (χ2v) is 3.24. The lowest BCUT2D eigenvalue weighted by Crippen LogP contribution is -2.09. The molecule has 0 fully saturated rings. The standard InChI is InChI=1S/C8H3F3N2O2S/c9-8(10,11)7-4(3-12)1-5(13(14)15)2-6(7)16/h1-2,16H. The van der Waals surface area contributed by atoms with Crippen LogP contribution in [-0.2, 0) is 6.18 Å². The van der Waals surface area contributed by atoms with Crippen molar-refractivity contribution >= 4 is 18.3 Å². The second kappa shape index (κ2) is 4.02. The second-order valence-electron chi connectivity index (χ2n) is 2.75. The first-order valence-corrected chi connectivity index (χ1v) is 4.20. The molecule has 0 spiro atoms. The first-order valence-electron chi connectivity index (χ1n) is 3.76. The van der Waals surface area contributed by atoms with Crippen LogP contribution in [0.25, 0.3) is 0 Å². The smallest absolute Gasteiger partial charge is 0.258 e. The minimum atomic E-state index is -4.77. The van der Waals surface area contributed by atoms with Gasteiger partial charge in [0.15, 0.2) is 0 Å². The summed E-state index contributed by atoms with van der Waals surface area (Å²) in [5, 5.41) is 18.9. The molecule has 16 heavy (non-hydrogen) atoms. The van der Waals surface area contributed by atoms with Crippen LogP contribution in [0.5, 0.6) is 0 Å². The van der Waals surface area contributed by atoms with Gasteiger partial charge in [0.05, 0.1) is 16.1 Å². The van der Waals surface area contributed by atoms with Gasteiger partial charge in [-0.15, -0.1) is 12.6 Å². The molecule has 0 amide bonds. The number of rotatable bonds is 1. The fraction of sp³-hybridized carbons (Fsp3) is 0.125. The molecule has 0 aliphatic heterocycles. The number of nitro groups is 1. The van der Waals surface area contributed by atoms with Gasteiger partial charge in [-0.25, -0.2) is 0 Å². The maximum atomic E-state index is 12.5. The maximum Gasteiger partial charge on any atom is 0.418 e. The predicted octanol–water partition coefficient (Wildman–Crippen LogP) is 2.77. The Labute approximate surface area is 92.9 Å². The van der Waals surface area contributed by atoms with Crippen molar-refractivity contribution in [3.63, 3.8) is 0 Å². The average Bonchev–Trinajstić information content (AvgIpc) is 2.14. The fourth-order valence-electron chi connectivity index (χ4n) is 1.10. The van der Waals surface area contributed by atoms with Crippen LogP contribution in [0.15, 0.2) is 17.0 Å². The van der Waals surface area contributed by atoms with Crippen LogP contribution in [0.1, 0.15) is 11.1 Å². The summed E-state index contributed by atoms with van der Waals surface area (Å²) in [4.78, 5) is 8.83. The molecule has 1 rings (SSSR count). The van der Waals surface area contributed by atoms with E-state index in [2.05, 4.69) is 12.6 Å². The number of non-ortho nitro benzene ring substituents is 1. The molecular formula is C8H3F3N2O2S. The Morgan fingerprint density at radius 2 is 2.00 bits per heavy atom. The van der Waals surface area contributed by atoms with Crippen molar-refractivity contribution in [3.8, 4) is 6.07 Å². The van der Waals surface area contributed by atoms with Crippen LogP contribution >= 0.6 is 12.6 Å². The lowest BCUT2D eigenvalue weighted by Gasteiger charge is -2.10. The van der Waals surface area contributed by atoms with Gasteiger partial charge >= 0.3 is 6.18 Å². The highest BCUT2D eigenvalue weighted by atomic mass is 32.1. The molecule has 0 aliphatic rings. The Bertz CT molecular complexity index is 493. The maximum absolute atomic E-state index is 12.5. The lowest BCUT2D eigenvalue weighted by molar-refractivity contribution is -0.385. The van der Waals surface area contributed by atoms with Crippen LogP contribution in [0.4, 0.5) is 18.9 Å². The molecule has 0 saturated carbocycles. The summed E-state index contributed by atoms with van der Waals surface area (Å²) in [6.07, 6.45) is -4.77. The summed E-state index contributed by atoms with van der Waals surface area (Å²) >= 11 is 3.50. The number of halogens is 3. The summed E-state index contributed by atoms with van der Waals surface area (Å²) in [5.41, 5.74) is -2.68. The van der Waals surface area contributed by atoms with Crippen molar-refractivity contribution in [2.45, 2.75) is 11.1 Å². The zero-order chi connectivity index (χ0) is 12.5. The van der Waals surface area contributed by atoms with Crippen LogP contribution in [0.2, 0.25) is 0 Å². The molecule has 0 aromatic heterocycles. The van der Waals surface area contributed by atoms with Crippen LogP contribution < -0.4 is 0 Å². The number of hydrogen-bond acceptors (Lipinski definition) is 4. The van der Waals surface area contributed by atoms with Crippen molar-refractivity contribution in [3.05, 3.63) is 33.4 Å². The van der Waals surface area contributed by atoms with Crippen molar-refractivity contribution in [1.82, 2.24) is 0 Å². The number of thiol groups is 1. The van der Waals surface area contributed by atoms with Crippen LogP contribution in [0, 0.1) is 21.4 Å². The fourth-order valence-corrected chi connectivity index (χ4v) is 1.48. The van der Waals surface area contributed by atoms with E-state index in [9.17, 15) is 23.3 Å². The van der Waals surface area contributed by atoms with E-state index in [1.54, 1.807) is 0 Å². The van der Waals surface area contributed by atoms with Gasteiger partial charge in [0, 0.05) is 17.0 Å². The summed E-state index contributed by atoms with van der Waals surface area (Å²) in [6.45, 7) is 0. The molecule has 1 aromatic rings. The Kier molecular flexibility index (Phi) is 3.09. The Hall–Kier alpha value is -1.75. The third-order valence-corrected chi connectivity index (χ3v) is 2.07. The number of alkyl halides is 3. The first-order chi connectivity index (χ1) is 7.27. The van der Waals surface area contributed by atoms with Crippen molar-refractivity contribution in [1.29, 1.82) is 5.26 Å². The monoisotopic (exact) mass is 248 g/mol. The highest BCUT2D eigenvalue weighted by Crippen LogP contribution is 2.38. The molecule has 0 unspecified atom stereocenters. The molecule has 0 N–H and O–H groups in total. The van der Waals surface area contributed by atoms with Gasteiger partial charge in [0.2, 0.25) is 0 Å². The van der Waals surface area contributed by atoms with Crippen molar-refractivity contribution < 1.29 is 18.1 Å². The molecule has 0 heterocycles. The van der Waals surface area contributed by atoms with E-state index in [-0.39, 0.29) is 0 Å². The van der Waals surface area contributed by atoms with E-state index in [0.29, 0.717) is 12.1 Å². The number of nitrogens with zero attached hydrogens (tertiary/aromatic N) is 2. The van der Waals surface area contributed by atoms with Gasteiger partial charge in [0.1, 0.15) is 6.07 Å². The van der Waals surface area contributed by atoms with Crippen molar-refractivity contribution in [2.24, 2.45) is 0 Å². The van der Waals surface area contributed by atoms with E-state index in [0.717, 1.165) is 0 Å². The predicted molar refractivity (Wildman–Crippen MR) is 50.1 cm³/mol. The largest absolute Gasteiger partial charge is 0.418 e. The van der Waals surface area contributed by atoms with E-state index < -0.39 is 32.8 Å². The highest BCUT2D eigenvalue weighted by Gasteiger charge is 2.37. The van der Waals surface area contributed by atoms with Gasteiger partial charge in [-0.1, -0.05) is 0 Å². The molecule has 0 bridgehead atoms. The zero-order valence-electron chi connectivity index (χ0n) is 7.45. The Morgan fingerprint density at radius 1 is 1.44 bits per heavy atom. The Balaban J connectivity index is 3.55. The summed E-state index contributed by atoms with van der Waals surface area (Å²) in [5.74, 6) is 0. The molecule has 1 aromatic carbocycles. The molecular weight excluding hydrogens is 245 g/mol. The van der Waals surface area contributed by atoms with Gasteiger partial charge < -0.3 is 0 Å². The third kappa shape index (κ3) is 2.25. The number of hydrogen-bond donors (Lipinski definition) is 1. The third-order valence-electron chi connectivity index (χ3n) is 1.72. The summed E-state index contributed by atoms with van der Waals surface area (Å²) in [7, 11) is 0. The van der Waals surface area contributed by atoms with Gasteiger partial charge in [-0.05, 0) is 0 Å². The molecule has 8 heteroatoms. The first kappa shape index (κ1) is 12.3. The lowest BCUT2D eigenvalue weighted by atomic mass is 10.1. The SMILES string of the molecule is N#Cc1cc([N+](=O)[O-])cc(S)c1C(F)(F)F. The van der Waals surface area contributed by atoms with E-state index >= 15 is 0 Å². The summed E-state index contributed by atoms with van der Waals surface area (Å²) in [6, 6.07) is 2.50. The highest BCUT2D eigenvalue weighted by molar-refractivity contribution is 7.80. The number of nitro benzene ring substituents is 1. The van der Waals surface area contributed by atoms with Crippen molar-refractivity contribution in [2.75, 3.05) is 0 Å². The average molecular weight is 248 g/mol. The van der Waals surface area contributed by atoms with Gasteiger partial charge in [-0.2, -0.15) is 18.4 Å². The number of benzene rings is 1. The van der Waals surface area contributed by atoms with Crippen LogP contribution in [-0.4, -0.2) is 4.92 Å². The normalized spacial score (nSPS) is 10.9. The number of nitriles is 1.